The molecule has 10 heterocycles. The van der Waals surface area contributed by atoms with E-state index in [1.807, 2.05) is 76.5 Å². The number of hydrogen-bond donors (Lipinski definition) is 0. The van der Waals surface area contributed by atoms with E-state index in [2.05, 4.69) is 273 Å². The van der Waals surface area contributed by atoms with Crippen LogP contribution in [0, 0.1) is 59.3 Å². The van der Waals surface area contributed by atoms with Crippen LogP contribution in [0.3, 0.4) is 0 Å². The average molecular weight is 1400 g/mol. The van der Waals surface area contributed by atoms with Crippen LogP contribution in [-0.2, 0) is 32.0 Å². The largest absolute Gasteiger partial charge is 0.436 e. The molecule has 540 valence electrons. The Morgan fingerprint density at radius 2 is 0.971 bits per heavy atom. The van der Waals surface area contributed by atoms with Crippen molar-refractivity contribution in [1.29, 1.82) is 0 Å². The average Bonchev–Trinajstić information content (AvgIpc) is 1.49. The summed E-state index contributed by atoms with van der Waals surface area (Å²) in [6.07, 6.45) is 9.83. The minimum atomic E-state index is -3.10. The molecule has 2 unspecified atom stereocenters. The van der Waals surface area contributed by atoms with E-state index in [1.165, 1.54) is 69.6 Å². The van der Waals surface area contributed by atoms with Gasteiger partial charge in [0, 0.05) is 104 Å². The SMILES string of the molecule is Cc1cccc2c1-n1c(cc[n+]1C)C(C)(C)C2(C)C.Cc1ccccc1-n1ccc(-c2ccccc2)[n+]1C.Cc1ccccc1-n1ccc[n+]1C.[2H]C([2H])([2H])C1(C([2H])([2H])[2H])C(C)N(c2c(C)ccc3c2oc2nc(C)ccc23)C(C)(C)C1([2H])[2H].[2H]C1([2H])C2(CCCCC2)C(C)N(c2c(C)ccc3c2oc2nc(C)ccc23)C1(C)C. The van der Waals surface area contributed by atoms with Gasteiger partial charge in [0.1, 0.15) is 17.1 Å². The van der Waals surface area contributed by atoms with Crippen molar-refractivity contribution < 1.29 is 36.6 Å². The minimum Gasteiger partial charge on any atom is -0.436 e. The van der Waals surface area contributed by atoms with E-state index in [1.54, 1.807) is 18.7 Å². The molecule has 2 atom stereocenters. The molecule has 1 aliphatic carbocycles. The first-order chi connectivity index (χ1) is 53.4. The zero-order chi connectivity index (χ0) is 82.9. The Balaban J connectivity index is 0.000000129. The third-order valence-corrected chi connectivity index (χ3v) is 23.4. The molecule has 6 aromatic carbocycles. The predicted octanol–water partition coefficient (Wildman–Crippen LogP) is 21.0. The summed E-state index contributed by atoms with van der Waals surface area (Å²) >= 11 is 0. The first-order valence-electron chi connectivity index (χ1n) is 42.0. The molecule has 1 saturated carbocycles. The number of furan rings is 2. The molecule has 3 aliphatic heterocycles. The van der Waals surface area contributed by atoms with E-state index in [0.717, 1.165) is 81.0 Å². The van der Waals surface area contributed by atoms with Gasteiger partial charge in [-0.05, 0) is 208 Å². The highest BCUT2D eigenvalue weighted by Crippen LogP contribution is 2.58. The van der Waals surface area contributed by atoms with E-state index < -0.39 is 49.0 Å². The smallest absolute Gasteiger partial charge is 0.238 e. The Morgan fingerprint density at radius 1 is 0.462 bits per heavy atom. The lowest BCUT2D eigenvalue weighted by Crippen LogP contribution is -2.51. The fourth-order valence-corrected chi connectivity index (χ4v) is 17.1. The molecule has 17 rings (SSSR count). The van der Waals surface area contributed by atoms with Crippen molar-refractivity contribution in [2.75, 3.05) is 9.80 Å². The monoisotopic (exact) mass is 1400 g/mol. The molecule has 0 amide bonds. The number of hydrogen-bond acceptors (Lipinski definition) is 6. The van der Waals surface area contributed by atoms with Gasteiger partial charge in [0.05, 0.1) is 29.5 Å². The second-order valence-electron chi connectivity index (χ2n) is 31.7. The summed E-state index contributed by atoms with van der Waals surface area (Å²) in [4.78, 5) is 13.0. The van der Waals surface area contributed by atoms with Gasteiger partial charge in [-0.1, -0.05) is 158 Å². The first-order valence-corrected chi connectivity index (χ1v) is 37.0. The van der Waals surface area contributed by atoms with Crippen molar-refractivity contribution in [2.24, 2.45) is 32.0 Å². The summed E-state index contributed by atoms with van der Waals surface area (Å²) in [5.41, 5.74) is 15.5. The van der Waals surface area contributed by atoms with Crippen LogP contribution < -0.4 is 23.8 Å². The van der Waals surface area contributed by atoms with Crippen molar-refractivity contribution in [3.05, 3.63) is 239 Å². The van der Waals surface area contributed by atoms with E-state index in [9.17, 15) is 2.74 Å². The number of aromatic nitrogens is 8. The van der Waals surface area contributed by atoms with Crippen molar-refractivity contribution >= 4 is 55.5 Å². The number of para-hydroxylation sites is 3. The van der Waals surface area contributed by atoms with Crippen molar-refractivity contribution in [1.82, 2.24) is 24.0 Å². The van der Waals surface area contributed by atoms with Crippen LogP contribution in [0.25, 0.3) is 72.5 Å². The van der Waals surface area contributed by atoms with Crippen LogP contribution >= 0.6 is 0 Å². The molecular weight excluding hydrogens is 1280 g/mol. The molecule has 12 heteroatoms. The maximum absolute atomic E-state index is 9.34. The lowest BCUT2D eigenvalue weighted by Gasteiger charge is -2.46. The zero-order valence-electron chi connectivity index (χ0n) is 74.9. The molecule has 0 N–H and O–H groups in total. The molecule has 2 saturated heterocycles. The Morgan fingerprint density at radius 3 is 1.51 bits per heavy atom. The quantitative estimate of drug-likeness (QED) is 0.160. The third kappa shape index (κ3) is 12.8. The third-order valence-electron chi connectivity index (χ3n) is 23.4. The van der Waals surface area contributed by atoms with Gasteiger partial charge in [0.15, 0.2) is 44.7 Å². The topological polar surface area (TPSA) is 85.0 Å². The fourth-order valence-electron chi connectivity index (χ4n) is 17.1. The van der Waals surface area contributed by atoms with Gasteiger partial charge in [0.2, 0.25) is 17.1 Å². The normalized spacial score (nSPS) is 21.1. The highest BCUT2D eigenvalue weighted by atomic mass is 16.3. The Kier molecular flexibility index (Phi) is 16.1. The van der Waals surface area contributed by atoms with Crippen LogP contribution in [0.5, 0.6) is 0 Å². The molecule has 104 heavy (non-hydrogen) atoms. The van der Waals surface area contributed by atoms with Crippen LogP contribution in [0.4, 0.5) is 11.4 Å². The second-order valence-corrected chi connectivity index (χ2v) is 31.7. The maximum Gasteiger partial charge on any atom is 0.238 e. The van der Waals surface area contributed by atoms with Crippen molar-refractivity contribution in [2.45, 2.75) is 210 Å². The maximum atomic E-state index is 9.34. The molecule has 4 aliphatic rings. The zero-order valence-corrected chi connectivity index (χ0v) is 64.9. The molecule has 0 bridgehead atoms. The van der Waals surface area contributed by atoms with Crippen LogP contribution in [-0.4, -0.2) is 47.2 Å². The summed E-state index contributed by atoms with van der Waals surface area (Å²) in [6.45, 7) is 28.5. The van der Waals surface area contributed by atoms with Gasteiger partial charge < -0.3 is 18.6 Å². The number of benzene rings is 6. The Labute approximate surface area is 632 Å². The van der Waals surface area contributed by atoms with E-state index in [4.69, 9.17) is 19.8 Å². The van der Waals surface area contributed by atoms with Gasteiger partial charge in [-0.2, -0.15) is 0 Å². The molecule has 7 aromatic heterocycles. The van der Waals surface area contributed by atoms with Crippen molar-refractivity contribution in [3.63, 3.8) is 0 Å². The number of anilines is 2. The number of aryl methyl sites for hydroxylation is 9. The van der Waals surface area contributed by atoms with Crippen molar-refractivity contribution in [3.8, 4) is 28.3 Å². The Bertz CT molecular complexity index is 5750. The van der Waals surface area contributed by atoms with Gasteiger partial charge in [-0.15, -0.1) is 28.1 Å². The lowest BCUT2D eigenvalue weighted by molar-refractivity contribution is -0.745. The molecule has 13 aromatic rings. The summed E-state index contributed by atoms with van der Waals surface area (Å²) in [6, 6.07) is 55.1. The van der Waals surface area contributed by atoms with Crippen LogP contribution in [0.1, 0.15) is 192 Å². The minimum absolute atomic E-state index is 0.0926. The molecular formula is C92H113N10O2+3. The summed E-state index contributed by atoms with van der Waals surface area (Å²) in [7, 11) is 6.25. The molecule has 12 nitrogen and oxygen atoms in total. The fraction of sp³-hybridized carbons (Fsp3) is 0.402. The number of pyridine rings is 2. The predicted molar refractivity (Wildman–Crippen MR) is 429 cm³/mol. The van der Waals surface area contributed by atoms with Gasteiger partial charge >= 0.3 is 0 Å². The molecule has 0 radical (unpaired) electrons. The first kappa shape index (κ1) is 60.8. The van der Waals surface area contributed by atoms with E-state index >= 15 is 0 Å². The van der Waals surface area contributed by atoms with Crippen LogP contribution in [0.2, 0.25) is 0 Å². The summed E-state index contributed by atoms with van der Waals surface area (Å²) in [5, 5.41) is 3.62. The van der Waals surface area contributed by atoms with Gasteiger partial charge in [-0.25, -0.2) is 9.97 Å². The molecule has 1 spiro atoms. The number of nitrogens with zero attached hydrogens (tertiary/aromatic N) is 10. The Hall–Kier alpha value is -9.55. The van der Waals surface area contributed by atoms with Gasteiger partial charge in [-0.3, -0.25) is 0 Å². The van der Waals surface area contributed by atoms with E-state index in [-0.39, 0.29) is 22.3 Å². The number of rotatable bonds is 5. The number of fused-ring (bicyclic) bond motifs is 9. The highest BCUT2D eigenvalue weighted by molar-refractivity contribution is 6.10. The standard InChI is InChI=1S/C25H32N2O.C22H28N2O.C17H23N2.C17H17N2.C11H13N2/c1-16-9-11-19-20-12-10-17(2)26-23(20)28-22(19)21(16)27-18(3)25(15-24(27,4)5)13-7-6-8-14-25;1-13-8-10-16-17-11-9-14(2)23-20(17)25-19(16)18(13)24-15(3)21(4,5)12-22(24,6)7;1-12-8-7-9-13-15(12)19-14(10-11-18(19)6)17(4,5)16(13,2)3;1-14-8-6-7-11-16(14)19-13-12-17(18(19)2)15-9-4-3-5-10-15;1-10-6-3-4-7-11(10)13-9-5-8-12(13)2/h9-12,18H,6-8,13-15H2,1-5H3;8-11,15H,12H2,1-7H3;7-11H,1-6H3;3-13H,1-2H3;3-9H,1-2H3/q;;3*+1/i15D2;4D3,5D3,12D2;;;. The lowest BCUT2D eigenvalue weighted by atomic mass is 9.60. The summed E-state index contributed by atoms with van der Waals surface area (Å²) in [5.74, 6) is 0. The van der Waals surface area contributed by atoms with Gasteiger partial charge in [0.25, 0.3) is 0 Å². The molecule has 3 fully saturated rings. The van der Waals surface area contributed by atoms with Crippen LogP contribution in [0.15, 0.2) is 197 Å². The second kappa shape index (κ2) is 27.5. The summed E-state index contributed by atoms with van der Waals surface area (Å²) < 4.78 is 112. The van der Waals surface area contributed by atoms with E-state index in [0.29, 0.717) is 22.7 Å². The highest BCUT2D eigenvalue weighted by Gasteiger charge is 2.55.